The Bertz CT molecular complexity index is 965. The molecule has 0 aromatic heterocycles. The number of carbonyl (C=O) groups is 2. The number of para-hydroxylation sites is 1. The first-order valence-electron chi connectivity index (χ1n) is 12.1. The molecule has 0 aliphatic carbocycles. The first kappa shape index (κ1) is 24.8. The average molecular weight is 503 g/mol. The van der Waals surface area contributed by atoms with Crippen LogP contribution in [-0.4, -0.2) is 54.5 Å². The standard InChI is InChI=1S/C26H32Cl2N4O2/c27-22-5-4-6-23(28)25(22)30-26(34)32-17-11-20(12-18-32)19-7-9-21(10-8-19)29-24(33)13-16-31-14-2-1-3-15-31/h4-10,20H,1-3,11-18H2,(H,29,33)(H,30,34). The van der Waals surface area contributed by atoms with Gasteiger partial charge in [0.15, 0.2) is 0 Å². The molecule has 0 atom stereocenters. The number of halogens is 2. The maximum Gasteiger partial charge on any atom is 0.321 e. The fourth-order valence-electron chi connectivity index (χ4n) is 4.72. The minimum Gasteiger partial charge on any atom is -0.326 e. The predicted octanol–water partition coefficient (Wildman–Crippen LogP) is 6.22. The van der Waals surface area contributed by atoms with Crippen LogP contribution in [0.2, 0.25) is 10.0 Å². The van der Waals surface area contributed by atoms with Crippen LogP contribution in [0.3, 0.4) is 0 Å². The molecule has 2 aromatic carbocycles. The van der Waals surface area contributed by atoms with Gasteiger partial charge in [-0.05, 0) is 74.5 Å². The molecule has 4 rings (SSSR count). The SMILES string of the molecule is O=C(CCN1CCCCC1)Nc1ccc(C2CCN(C(=O)Nc3c(Cl)cccc3Cl)CC2)cc1. The Morgan fingerprint density at radius 2 is 1.50 bits per heavy atom. The molecule has 8 heteroatoms. The first-order valence-corrected chi connectivity index (χ1v) is 12.9. The van der Waals surface area contributed by atoms with E-state index < -0.39 is 0 Å². The minimum atomic E-state index is -0.184. The smallest absolute Gasteiger partial charge is 0.321 e. The fourth-order valence-corrected chi connectivity index (χ4v) is 5.22. The molecule has 2 aliphatic rings. The van der Waals surface area contributed by atoms with Gasteiger partial charge in [0.1, 0.15) is 0 Å². The van der Waals surface area contributed by atoms with Crippen LogP contribution in [0.25, 0.3) is 0 Å². The van der Waals surface area contributed by atoms with Gasteiger partial charge in [-0.1, -0.05) is 47.8 Å². The number of anilines is 2. The zero-order valence-electron chi connectivity index (χ0n) is 19.4. The van der Waals surface area contributed by atoms with E-state index in [9.17, 15) is 9.59 Å². The van der Waals surface area contributed by atoms with Crippen LogP contribution >= 0.6 is 23.2 Å². The molecular formula is C26H32Cl2N4O2. The number of urea groups is 1. The lowest BCUT2D eigenvalue weighted by Gasteiger charge is -2.32. The molecule has 2 fully saturated rings. The van der Waals surface area contributed by atoms with Crippen molar-refractivity contribution in [3.63, 3.8) is 0 Å². The normalized spacial score (nSPS) is 17.4. The monoisotopic (exact) mass is 502 g/mol. The van der Waals surface area contributed by atoms with Crippen molar-refractivity contribution >= 4 is 46.5 Å². The van der Waals surface area contributed by atoms with E-state index in [1.165, 1.54) is 24.8 Å². The predicted molar refractivity (Wildman–Crippen MR) is 139 cm³/mol. The van der Waals surface area contributed by atoms with Crippen molar-refractivity contribution in [3.8, 4) is 0 Å². The van der Waals surface area contributed by atoms with E-state index in [4.69, 9.17) is 23.2 Å². The summed E-state index contributed by atoms with van der Waals surface area (Å²) in [7, 11) is 0. The fraction of sp³-hybridized carbons (Fsp3) is 0.462. The van der Waals surface area contributed by atoms with Gasteiger partial charge in [-0.2, -0.15) is 0 Å². The maximum absolute atomic E-state index is 12.7. The molecular weight excluding hydrogens is 471 g/mol. The number of benzene rings is 2. The lowest BCUT2D eigenvalue weighted by molar-refractivity contribution is -0.116. The second-order valence-corrected chi connectivity index (χ2v) is 9.93. The molecule has 0 unspecified atom stereocenters. The molecule has 2 N–H and O–H groups in total. The molecule has 0 saturated carbocycles. The number of nitrogens with zero attached hydrogens (tertiary/aromatic N) is 2. The van der Waals surface area contributed by atoms with Crippen molar-refractivity contribution in [1.82, 2.24) is 9.80 Å². The topological polar surface area (TPSA) is 64.7 Å². The van der Waals surface area contributed by atoms with Gasteiger partial charge in [-0.25, -0.2) is 4.79 Å². The molecule has 0 spiro atoms. The third kappa shape index (κ3) is 6.65. The summed E-state index contributed by atoms with van der Waals surface area (Å²) in [5, 5.41) is 6.71. The second-order valence-electron chi connectivity index (χ2n) is 9.11. The molecule has 34 heavy (non-hydrogen) atoms. The van der Waals surface area contributed by atoms with Crippen LogP contribution in [0, 0.1) is 0 Å². The summed E-state index contributed by atoms with van der Waals surface area (Å²) >= 11 is 12.3. The van der Waals surface area contributed by atoms with Crippen molar-refractivity contribution in [2.75, 3.05) is 43.4 Å². The summed E-state index contributed by atoms with van der Waals surface area (Å²) in [6, 6.07) is 13.1. The first-order chi connectivity index (χ1) is 16.5. The zero-order chi connectivity index (χ0) is 23.9. The summed E-state index contributed by atoms with van der Waals surface area (Å²) in [6.07, 6.45) is 6.07. The molecule has 2 saturated heterocycles. The number of hydrogen-bond acceptors (Lipinski definition) is 3. The quantitative estimate of drug-likeness (QED) is 0.492. The third-order valence-corrected chi connectivity index (χ3v) is 7.38. The van der Waals surface area contributed by atoms with Crippen molar-refractivity contribution in [1.29, 1.82) is 0 Å². The lowest BCUT2D eigenvalue weighted by atomic mass is 9.89. The van der Waals surface area contributed by atoms with Gasteiger partial charge >= 0.3 is 6.03 Å². The van der Waals surface area contributed by atoms with E-state index in [2.05, 4.69) is 27.7 Å². The molecule has 0 bridgehead atoms. The van der Waals surface area contributed by atoms with Crippen molar-refractivity contribution < 1.29 is 9.59 Å². The molecule has 3 amide bonds. The van der Waals surface area contributed by atoms with Gasteiger partial charge in [-0.15, -0.1) is 0 Å². The highest BCUT2D eigenvalue weighted by atomic mass is 35.5. The number of likely N-dealkylation sites (tertiary alicyclic amines) is 2. The zero-order valence-corrected chi connectivity index (χ0v) is 20.9. The Kier molecular flexibility index (Phi) is 8.70. The van der Waals surface area contributed by atoms with Gasteiger partial charge in [0.05, 0.1) is 15.7 Å². The number of rotatable bonds is 6. The van der Waals surface area contributed by atoms with Crippen LogP contribution in [0.15, 0.2) is 42.5 Å². The minimum absolute atomic E-state index is 0.0660. The van der Waals surface area contributed by atoms with Crippen molar-refractivity contribution in [3.05, 3.63) is 58.1 Å². The van der Waals surface area contributed by atoms with Gasteiger partial charge in [0.2, 0.25) is 5.91 Å². The van der Waals surface area contributed by atoms with Crippen LogP contribution in [0.4, 0.5) is 16.2 Å². The lowest BCUT2D eigenvalue weighted by Crippen LogP contribution is -2.40. The van der Waals surface area contributed by atoms with E-state index >= 15 is 0 Å². The molecule has 182 valence electrons. The van der Waals surface area contributed by atoms with Crippen LogP contribution < -0.4 is 10.6 Å². The van der Waals surface area contributed by atoms with Crippen LogP contribution in [0.5, 0.6) is 0 Å². The summed E-state index contributed by atoms with van der Waals surface area (Å²) < 4.78 is 0. The Morgan fingerprint density at radius 1 is 0.853 bits per heavy atom. The number of nitrogens with one attached hydrogen (secondary N) is 2. The number of carbonyl (C=O) groups excluding carboxylic acids is 2. The Labute approximate surface area is 211 Å². The third-order valence-electron chi connectivity index (χ3n) is 6.75. The summed E-state index contributed by atoms with van der Waals surface area (Å²) in [6.45, 7) is 4.37. The summed E-state index contributed by atoms with van der Waals surface area (Å²) in [5.41, 5.74) is 2.52. The van der Waals surface area contributed by atoms with Crippen LogP contribution in [0.1, 0.15) is 50.0 Å². The van der Waals surface area contributed by atoms with E-state index in [1.807, 2.05) is 12.1 Å². The van der Waals surface area contributed by atoms with Gasteiger partial charge < -0.3 is 20.4 Å². The Morgan fingerprint density at radius 3 is 2.15 bits per heavy atom. The second kappa shape index (κ2) is 11.9. The Hall–Kier alpha value is -2.28. The molecule has 2 aromatic rings. The van der Waals surface area contributed by atoms with E-state index in [-0.39, 0.29) is 11.9 Å². The van der Waals surface area contributed by atoms with Gasteiger partial charge in [0.25, 0.3) is 0 Å². The Balaban J connectivity index is 1.22. The van der Waals surface area contributed by atoms with E-state index in [0.29, 0.717) is 41.2 Å². The molecule has 0 radical (unpaired) electrons. The molecule has 2 aliphatic heterocycles. The van der Waals surface area contributed by atoms with E-state index in [1.54, 1.807) is 23.1 Å². The number of hydrogen-bond donors (Lipinski definition) is 2. The highest BCUT2D eigenvalue weighted by molar-refractivity contribution is 6.39. The van der Waals surface area contributed by atoms with Crippen LogP contribution in [-0.2, 0) is 4.79 Å². The highest BCUT2D eigenvalue weighted by Gasteiger charge is 2.24. The number of piperidine rings is 2. The molecule has 2 heterocycles. The summed E-state index contributed by atoms with van der Waals surface area (Å²) in [4.78, 5) is 29.2. The number of amides is 3. The average Bonchev–Trinajstić information content (AvgIpc) is 2.86. The van der Waals surface area contributed by atoms with Crippen molar-refractivity contribution in [2.45, 2.75) is 44.4 Å². The van der Waals surface area contributed by atoms with Gasteiger partial charge in [-0.3, -0.25) is 4.79 Å². The largest absolute Gasteiger partial charge is 0.326 e. The maximum atomic E-state index is 12.7. The van der Waals surface area contributed by atoms with Crippen molar-refractivity contribution in [2.24, 2.45) is 0 Å². The summed E-state index contributed by atoms with van der Waals surface area (Å²) in [5.74, 6) is 0.452. The van der Waals surface area contributed by atoms with Gasteiger partial charge in [0, 0.05) is 31.7 Å². The van der Waals surface area contributed by atoms with E-state index in [0.717, 1.165) is 38.2 Å². The molecule has 6 nitrogen and oxygen atoms in total. The highest BCUT2D eigenvalue weighted by Crippen LogP contribution is 2.32.